The van der Waals surface area contributed by atoms with Gasteiger partial charge in [0.1, 0.15) is 0 Å². The number of amides is 1. The molecule has 0 saturated carbocycles. The maximum Gasteiger partial charge on any atom is 0.233 e. The van der Waals surface area contributed by atoms with Crippen molar-refractivity contribution in [3.63, 3.8) is 0 Å². The van der Waals surface area contributed by atoms with Crippen molar-refractivity contribution >= 4 is 29.0 Å². The summed E-state index contributed by atoms with van der Waals surface area (Å²) in [6, 6.07) is 14.3. The van der Waals surface area contributed by atoms with Crippen LogP contribution in [0, 0.1) is 0 Å². The number of rotatable bonds is 8. The monoisotopic (exact) mass is 386 g/mol. The van der Waals surface area contributed by atoms with Crippen LogP contribution in [0.3, 0.4) is 0 Å². The van der Waals surface area contributed by atoms with Crippen molar-refractivity contribution in [2.75, 3.05) is 6.54 Å². The summed E-state index contributed by atoms with van der Waals surface area (Å²) in [6.07, 6.45) is 0.926. The summed E-state index contributed by atoms with van der Waals surface area (Å²) in [5, 5.41) is 14.3. The highest BCUT2D eigenvalue weighted by molar-refractivity contribution is 8.00. The number of aromatic nitrogens is 3. The Bertz CT molecular complexity index is 831. The molecule has 0 aliphatic rings. The highest BCUT2D eigenvalue weighted by Gasteiger charge is 2.21. The van der Waals surface area contributed by atoms with Gasteiger partial charge in [-0.1, -0.05) is 55.1 Å². The lowest BCUT2D eigenvalue weighted by Gasteiger charge is -2.13. The molecule has 0 fully saturated rings. The number of nitrogens with one attached hydrogen (secondary N) is 1. The molecule has 0 aliphatic heterocycles. The van der Waals surface area contributed by atoms with E-state index in [0.29, 0.717) is 13.1 Å². The van der Waals surface area contributed by atoms with Crippen LogP contribution in [0.5, 0.6) is 0 Å². The van der Waals surface area contributed by atoms with Gasteiger partial charge in [0, 0.05) is 6.54 Å². The van der Waals surface area contributed by atoms with Crippen LogP contribution in [0.4, 0.5) is 0 Å². The summed E-state index contributed by atoms with van der Waals surface area (Å²) < 4.78 is 2.09. The largest absolute Gasteiger partial charge is 0.355 e. The first-order valence-corrected chi connectivity index (χ1v) is 10.4. The van der Waals surface area contributed by atoms with Crippen LogP contribution in [0.1, 0.15) is 25.8 Å². The zero-order valence-corrected chi connectivity index (χ0v) is 16.5. The molecule has 1 N–H and O–H groups in total. The first-order chi connectivity index (χ1) is 12.7. The molecule has 0 unspecified atom stereocenters. The number of hydrogen-bond acceptors (Lipinski definition) is 5. The third-order valence-corrected chi connectivity index (χ3v) is 5.79. The van der Waals surface area contributed by atoms with Crippen molar-refractivity contribution in [1.82, 2.24) is 20.1 Å². The number of hydrogen-bond donors (Lipinski definition) is 1. The van der Waals surface area contributed by atoms with Crippen molar-refractivity contribution in [2.24, 2.45) is 0 Å². The number of carbonyl (C=O) groups is 1. The third kappa shape index (κ3) is 4.53. The van der Waals surface area contributed by atoms with Crippen molar-refractivity contribution in [3.05, 3.63) is 53.4 Å². The normalized spacial score (nSPS) is 12.1. The lowest BCUT2D eigenvalue weighted by atomic mass is 10.2. The van der Waals surface area contributed by atoms with Gasteiger partial charge in [0.25, 0.3) is 0 Å². The molecule has 26 heavy (non-hydrogen) atoms. The van der Waals surface area contributed by atoms with Gasteiger partial charge < -0.3 is 5.32 Å². The fourth-order valence-electron chi connectivity index (χ4n) is 2.48. The lowest BCUT2D eigenvalue weighted by Crippen LogP contribution is -2.31. The highest BCUT2D eigenvalue weighted by atomic mass is 32.2. The van der Waals surface area contributed by atoms with E-state index in [9.17, 15) is 4.79 Å². The maximum atomic E-state index is 12.2. The van der Waals surface area contributed by atoms with E-state index in [1.807, 2.05) is 49.6 Å². The molecule has 2 aromatic heterocycles. The maximum absolute atomic E-state index is 12.2. The van der Waals surface area contributed by atoms with E-state index in [2.05, 4.69) is 32.2 Å². The minimum absolute atomic E-state index is 0.0313. The zero-order valence-electron chi connectivity index (χ0n) is 14.9. The van der Waals surface area contributed by atoms with Gasteiger partial charge in [-0.15, -0.1) is 21.5 Å². The van der Waals surface area contributed by atoms with Crippen LogP contribution in [0.2, 0.25) is 0 Å². The molecule has 0 radical (unpaired) electrons. The predicted molar refractivity (Wildman–Crippen MR) is 107 cm³/mol. The average Bonchev–Trinajstić information content (AvgIpc) is 3.31. The van der Waals surface area contributed by atoms with Crippen LogP contribution >= 0.6 is 23.1 Å². The minimum Gasteiger partial charge on any atom is -0.355 e. The Hall–Kier alpha value is -2.12. The average molecular weight is 387 g/mol. The van der Waals surface area contributed by atoms with Crippen LogP contribution in [0.25, 0.3) is 10.7 Å². The fourth-order valence-corrected chi connectivity index (χ4v) is 4.07. The highest BCUT2D eigenvalue weighted by Crippen LogP contribution is 2.30. The predicted octanol–water partition coefficient (Wildman–Crippen LogP) is 4.06. The van der Waals surface area contributed by atoms with Gasteiger partial charge >= 0.3 is 0 Å². The van der Waals surface area contributed by atoms with Crippen LogP contribution in [-0.2, 0) is 11.3 Å². The van der Waals surface area contributed by atoms with Gasteiger partial charge in [0.05, 0.1) is 16.7 Å². The van der Waals surface area contributed by atoms with E-state index < -0.39 is 0 Å². The van der Waals surface area contributed by atoms with Crippen molar-refractivity contribution in [2.45, 2.75) is 37.2 Å². The first kappa shape index (κ1) is 18.7. The molecule has 3 aromatic rings. The Morgan fingerprint density at radius 1 is 1.23 bits per heavy atom. The fraction of sp³-hybridized carbons (Fsp3) is 0.316. The topological polar surface area (TPSA) is 59.8 Å². The molecule has 0 spiro atoms. The number of nitrogens with zero attached hydrogens (tertiary/aromatic N) is 3. The Morgan fingerprint density at radius 2 is 2.04 bits per heavy atom. The van der Waals surface area contributed by atoms with Gasteiger partial charge in [0.2, 0.25) is 5.91 Å². The lowest BCUT2D eigenvalue weighted by molar-refractivity contribution is -0.120. The number of carbonyl (C=O) groups excluding carboxylic acids is 1. The van der Waals surface area contributed by atoms with E-state index in [1.54, 1.807) is 11.3 Å². The molecule has 1 amide bonds. The number of thioether (sulfide) groups is 1. The molecule has 0 saturated heterocycles. The third-order valence-electron chi connectivity index (χ3n) is 3.84. The van der Waals surface area contributed by atoms with Gasteiger partial charge in [-0.3, -0.25) is 9.36 Å². The van der Waals surface area contributed by atoms with Crippen molar-refractivity contribution in [1.29, 1.82) is 0 Å². The van der Waals surface area contributed by atoms with Gasteiger partial charge in [-0.2, -0.15) is 0 Å². The molecule has 5 nitrogen and oxygen atoms in total. The summed E-state index contributed by atoms with van der Waals surface area (Å²) in [4.78, 5) is 13.3. The second-order valence-electron chi connectivity index (χ2n) is 5.91. The Labute approximate surface area is 161 Å². The van der Waals surface area contributed by atoms with Crippen molar-refractivity contribution in [3.8, 4) is 10.7 Å². The van der Waals surface area contributed by atoms with Gasteiger partial charge in [0.15, 0.2) is 11.0 Å². The smallest absolute Gasteiger partial charge is 0.233 e. The summed E-state index contributed by atoms with van der Waals surface area (Å²) >= 11 is 3.09. The first-order valence-electron chi connectivity index (χ1n) is 8.64. The zero-order chi connectivity index (χ0) is 18.4. The van der Waals surface area contributed by atoms with Crippen LogP contribution < -0.4 is 5.32 Å². The summed E-state index contributed by atoms with van der Waals surface area (Å²) in [5.74, 6) is 0.872. The Morgan fingerprint density at radius 3 is 2.73 bits per heavy atom. The molecule has 0 aliphatic carbocycles. The standard InChI is InChI=1S/C19H22N4OS2/c1-3-11-20-18(24)14(2)26-19-22-21-17(16-10-7-12-25-16)23(19)13-15-8-5-4-6-9-15/h4-10,12,14H,3,11,13H2,1-2H3,(H,20,24)/t14-/m1/s1. The molecular weight excluding hydrogens is 364 g/mol. The van der Waals surface area contributed by atoms with Gasteiger partial charge in [-0.05, 0) is 30.4 Å². The molecule has 1 atom stereocenters. The summed E-state index contributed by atoms with van der Waals surface area (Å²) in [7, 11) is 0. The summed E-state index contributed by atoms with van der Waals surface area (Å²) in [6.45, 7) is 5.32. The molecule has 0 bridgehead atoms. The second-order valence-corrected chi connectivity index (χ2v) is 8.16. The quantitative estimate of drug-likeness (QED) is 0.593. The van der Waals surface area contributed by atoms with E-state index in [1.165, 1.54) is 17.3 Å². The SMILES string of the molecule is CCCNC(=O)[C@@H](C)Sc1nnc(-c2cccs2)n1Cc1ccccc1. The van der Waals surface area contributed by atoms with Crippen LogP contribution in [0.15, 0.2) is 53.0 Å². The van der Waals surface area contributed by atoms with E-state index in [4.69, 9.17) is 0 Å². The summed E-state index contributed by atoms with van der Waals surface area (Å²) in [5.41, 5.74) is 1.18. The number of benzene rings is 1. The molecular formula is C19H22N4OS2. The van der Waals surface area contributed by atoms with E-state index in [0.717, 1.165) is 22.3 Å². The van der Waals surface area contributed by atoms with Gasteiger partial charge in [-0.25, -0.2) is 0 Å². The van der Waals surface area contributed by atoms with Crippen molar-refractivity contribution < 1.29 is 4.79 Å². The molecule has 136 valence electrons. The minimum atomic E-state index is -0.226. The Kier molecular flexibility index (Phi) is 6.46. The Balaban J connectivity index is 1.86. The molecule has 3 rings (SSSR count). The molecule has 7 heteroatoms. The molecule has 2 heterocycles. The van der Waals surface area contributed by atoms with E-state index in [-0.39, 0.29) is 11.2 Å². The second kappa shape index (κ2) is 9.00. The molecule has 1 aromatic carbocycles. The number of thiophene rings is 1. The van der Waals surface area contributed by atoms with E-state index >= 15 is 0 Å². The van der Waals surface area contributed by atoms with Crippen LogP contribution in [-0.4, -0.2) is 32.5 Å².